The molecule has 1 aliphatic heterocycles. The maximum absolute atomic E-state index is 12.8. The molecular weight excluding hydrogens is 318 g/mol. The number of nitrogens with one attached hydrogen (secondary N) is 1. The monoisotopic (exact) mass is 337 g/mol. The fourth-order valence-electron chi connectivity index (χ4n) is 2.72. The van der Waals surface area contributed by atoms with Crippen LogP contribution in [0, 0.1) is 6.92 Å². The number of aryl methyl sites for hydroxylation is 1. The molecule has 0 unspecified atom stereocenters. The first-order chi connectivity index (χ1) is 11.9. The van der Waals surface area contributed by atoms with Crippen molar-refractivity contribution in [1.29, 1.82) is 0 Å². The molecule has 2 aromatic rings. The number of rotatable bonds is 4. The highest BCUT2D eigenvalue weighted by Gasteiger charge is 2.49. The van der Waals surface area contributed by atoms with Crippen LogP contribution in [0.25, 0.3) is 0 Å². The van der Waals surface area contributed by atoms with Gasteiger partial charge in [0.2, 0.25) is 0 Å². The van der Waals surface area contributed by atoms with Gasteiger partial charge in [-0.05, 0) is 37.1 Å². The van der Waals surface area contributed by atoms with Gasteiger partial charge in [-0.15, -0.1) is 5.01 Å². The average molecular weight is 337 g/mol. The summed E-state index contributed by atoms with van der Waals surface area (Å²) in [7, 11) is 1.57. The Morgan fingerprint density at radius 3 is 2.52 bits per heavy atom. The summed E-state index contributed by atoms with van der Waals surface area (Å²) < 4.78 is 5.12. The third-order valence-corrected chi connectivity index (χ3v) is 4.20. The first-order valence-corrected chi connectivity index (χ1v) is 7.86. The molecular formula is C19H19N3O3. The molecule has 3 rings (SSSR count). The van der Waals surface area contributed by atoms with Crippen LogP contribution in [0.5, 0.6) is 5.75 Å². The highest BCUT2D eigenvalue weighted by Crippen LogP contribution is 2.30. The van der Waals surface area contributed by atoms with Crippen LogP contribution in [0.1, 0.15) is 23.6 Å². The molecule has 2 aromatic carbocycles. The number of hydrazone groups is 1. The number of benzene rings is 2. The second-order valence-electron chi connectivity index (χ2n) is 6.06. The molecule has 0 aromatic heterocycles. The number of urea groups is 1. The first kappa shape index (κ1) is 16.7. The molecule has 0 aliphatic carbocycles. The lowest BCUT2D eigenvalue weighted by Crippen LogP contribution is -2.40. The zero-order valence-electron chi connectivity index (χ0n) is 14.3. The van der Waals surface area contributed by atoms with Crippen molar-refractivity contribution in [3.63, 3.8) is 0 Å². The Labute approximate surface area is 146 Å². The van der Waals surface area contributed by atoms with E-state index in [0.717, 1.165) is 16.1 Å². The normalized spacial score (nSPS) is 20.2. The molecule has 6 heteroatoms. The number of ether oxygens (including phenoxy) is 1. The minimum absolute atomic E-state index is 0.424. The lowest BCUT2D eigenvalue weighted by atomic mass is 9.92. The molecule has 128 valence electrons. The Hall–Kier alpha value is -3.15. The molecule has 3 amide bonds. The maximum Gasteiger partial charge on any atom is 0.346 e. The molecule has 1 fully saturated rings. The van der Waals surface area contributed by atoms with Gasteiger partial charge in [-0.3, -0.25) is 4.79 Å². The maximum atomic E-state index is 12.8. The van der Waals surface area contributed by atoms with Gasteiger partial charge < -0.3 is 10.1 Å². The van der Waals surface area contributed by atoms with Crippen LogP contribution in [-0.4, -0.2) is 30.3 Å². The molecule has 0 bridgehead atoms. The van der Waals surface area contributed by atoms with Crippen molar-refractivity contribution >= 4 is 18.2 Å². The zero-order valence-corrected chi connectivity index (χ0v) is 14.3. The summed E-state index contributed by atoms with van der Waals surface area (Å²) >= 11 is 0. The van der Waals surface area contributed by atoms with Crippen LogP contribution in [0.3, 0.4) is 0 Å². The predicted molar refractivity (Wildman–Crippen MR) is 94.5 cm³/mol. The van der Waals surface area contributed by atoms with E-state index in [1.165, 1.54) is 6.21 Å². The molecule has 0 radical (unpaired) electrons. The van der Waals surface area contributed by atoms with Crippen molar-refractivity contribution in [2.24, 2.45) is 5.10 Å². The van der Waals surface area contributed by atoms with Gasteiger partial charge in [-0.1, -0.05) is 42.0 Å². The van der Waals surface area contributed by atoms with Crippen molar-refractivity contribution in [3.8, 4) is 5.75 Å². The summed E-state index contributed by atoms with van der Waals surface area (Å²) in [6.45, 7) is 3.63. The van der Waals surface area contributed by atoms with Crippen molar-refractivity contribution in [2.75, 3.05) is 7.11 Å². The molecule has 1 aliphatic rings. The van der Waals surface area contributed by atoms with Crippen LogP contribution < -0.4 is 10.1 Å². The molecule has 0 saturated carbocycles. The van der Waals surface area contributed by atoms with Gasteiger partial charge >= 0.3 is 6.03 Å². The molecule has 6 nitrogen and oxygen atoms in total. The van der Waals surface area contributed by atoms with Gasteiger partial charge in [-0.2, -0.15) is 5.10 Å². The summed E-state index contributed by atoms with van der Waals surface area (Å²) in [5.41, 5.74) is 1.40. The highest BCUT2D eigenvalue weighted by molar-refractivity contribution is 6.07. The van der Waals surface area contributed by atoms with Gasteiger partial charge in [0.15, 0.2) is 0 Å². The van der Waals surface area contributed by atoms with E-state index < -0.39 is 17.5 Å². The smallest absolute Gasteiger partial charge is 0.346 e. The number of hydrogen-bond donors (Lipinski definition) is 1. The molecule has 25 heavy (non-hydrogen) atoms. The van der Waals surface area contributed by atoms with E-state index in [-0.39, 0.29) is 0 Å². The minimum atomic E-state index is -1.16. The number of amides is 3. The number of carbonyl (C=O) groups is 2. The van der Waals surface area contributed by atoms with Crippen molar-refractivity contribution in [3.05, 3.63) is 65.2 Å². The van der Waals surface area contributed by atoms with E-state index in [4.69, 9.17) is 4.74 Å². The standard InChI is InChI=1S/C19H19N3O3/c1-13-5-4-6-14(11-13)12-20-22-17(23)19(2,21-18(22)24)15-7-9-16(25-3)10-8-15/h4-12H,1-3H3,(H,21,24)/b20-12-/t19-/m0/s1. The topological polar surface area (TPSA) is 71.0 Å². The fourth-order valence-corrected chi connectivity index (χ4v) is 2.72. The van der Waals surface area contributed by atoms with Crippen molar-refractivity contribution in [2.45, 2.75) is 19.4 Å². The summed E-state index contributed by atoms with van der Waals surface area (Å²) in [6.07, 6.45) is 1.50. The van der Waals surface area contributed by atoms with E-state index in [9.17, 15) is 9.59 Å². The summed E-state index contributed by atoms with van der Waals surface area (Å²) in [5.74, 6) is 0.255. The van der Waals surface area contributed by atoms with Crippen LogP contribution in [0.2, 0.25) is 0 Å². The third kappa shape index (κ3) is 3.10. The van der Waals surface area contributed by atoms with E-state index in [0.29, 0.717) is 11.3 Å². The van der Waals surface area contributed by atoms with E-state index in [2.05, 4.69) is 10.4 Å². The Bertz CT molecular complexity index is 845. The molecule has 1 N–H and O–H groups in total. The van der Waals surface area contributed by atoms with Crippen LogP contribution >= 0.6 is 0 Å². The summed E-state index contributed by atoms with van der Waals surface area (Å²) in [5, 5.41) is 7.66. The number of carbonyl (C=O) groups excluding carboxylic acids is 2. The number of imide groups is 1. The van der Waals surface area contributed by atoms with Gasteiger partial charge in [0, 0.05) is 0 Å². The van der Waals surface area contributed by atoms with Crippen LogP contribution in [-0.2, 0) is 10.3 Å². The van der Waals surface area contributed by atoms with Crippen molar-refractivity contribution in [1.82, 2.24) is 10.3 Å². The first-order valence-electron chi connectivity index (χ1n) is 7.86. The third-order valence-electron chi connectivity index (χ3n) is 4.20. The molecule has 1 atom stereocenters. The number of nitrogens with zero attached hydrogens (tertiary/aromatic N) is 2. The van der Waals surface area contributed by atoms with Gasteiger partial charge in [0.05, 0.1) is 13.3 Å². The fraction of sp³-hybridized carbons (Fsp3) is 0.211. The second-order valence-corrected chi connectivity index (χ2v) is 6.06. The Balaban J connectivity index is 1.86. The quantitative estimate of drug-likeness (QED) is 0.689. The highest BCUT2D eigenvalue weighted by atomic mass is 16.5. The summed E-state index contributed by atoms with van der Waals surface area (Å²) in [6, 6.07) is 14.1. The van der Waals surface area contributed by atoms with Gasteiger partial charge in [0.1, 0.15) is 11.3 Å². The van der Waals surface area contributed by atoms with Gasteiger partial charge in [-0.25, -0.2) is 4.79 Å². The average Bonchev–Trinajstić information content (AvgIpc) is 2.83. The molecule has 0 spiro atoms. The second kappa shape index (κ2) is 6.39. The Morgan fingerprint density at radius 1 is 1.16 bits per heavy atom. The zero-order chi connectivity index (χ0) is 18.0. The number of hydrogen-bond acceptors (Lipinski definition) is 4. The Morgan fingerprint density at radius 2 is 1.88 bits per heavy atom. The lowest BCUT2D eigenvalue weighted by molar-refractivity contribution is -0.131. The van der Waals surface area contributed by atoms with Crippen LogP contribution in [0.4, 0.5) is 4.79 Å². The lowest BCUT2D eigenvalue weighted by Gasteiger charge is -2.21. The van der Waals surface area contributed by atoms with Gasteiger partial charge in [0.25, 0.3) is 5.91 Å². The van der Waals surface area contributed by atoms with E-state index >= 15 is 0 Å². The SMILES string of the molecule is COc1ccc([C@]2(C)NC(=O)N(/N=C\c3cccc(C)c3)C2=O)cc1. The molecule has 1 heterocycles. The molecule has 1 saturated heterocycles. The largest absolute Gasteiger partial charge is 0.497 e. The predicted octanol–water partition coefficient (Wildman–Crippen LogP) is 2.80. The summed E-state index contributed by atoms with van der Waals surface area (Å²) in [4.78, 5) is 25.0. The van der Waals surface area contributed by atoms with Crippen LogP contribution in [0.15, 0.2) is 53.6 Å². The Kier molecular flexibility index (Phi) is 4.27. The number of methoxy groups -OCH3 is 1. The van der Waals surface area contributed by atoms with E-state index in [1.807, 2.05) is 31.2 Å². The van der Waals surface area contributed by atoms with Crippen molar-refractivity contribution < 1.29 is 14.3 Å². The minimum Gasteiger partial charge on any atom is -0.497 e. The van der Waals surface area contributed by atoms with E-state index in [1.54, 1.807) is 38.3 Å².